The molecule has 2 amide bonds. The van der Waals surface area contributed by atoms with E-state index in [-0.39, 0.29) is 23.4 Å². The standard InChI is InChI=1S/C24H27F2N5O/c1-2-30-20-9-4-3-8-19(20)28-23(30)21-10-7-13-31(21)24(32)27-16-14-17(25)22(18(26)15-16)29-11-5-6-12-29/h3-4,8-9,14-15,21H,2,5-7,10-13H2,1H3,(H,27,32). The first kappa shape index (κ1) is 20.7. The minimum absolute atomic E-state index is 0.00351. The van der Waals surface area contributed by atoms with E-state index >= 15 is 0 Å². The molecule has 1 atom stereocenters. The van der Waals surface area contributed by atoms with Crippen molar-refractivity contribution >= 4 is 28.4 Å². The van der Waals surface area contributed by atoms with Gasteiger partial charge >= 0.3 is 6.03 Å². The Bertz CT molecular complexity index is 1130. The Kier molecular flexibility index (Phi) is 5.45. The Morgan fingerprint density at radius 1 is 1.09 bits per heavy atom. The number of amides is 2. The molecule has 1 unspecified atom stereocenters. The van der Waals surface area contributed by atoms with E-state index in [1.54, 1.807) is 9.80 Å². The lowest BCUT2D eigenvalue weighted by Gasteiger charge is -2.25. The highest BCUT2D eigenvalue weighted by molar-refractivity contribution is 5.90. The first-order valence-electron chi connectivity index (χ1n) is 11.3. The molecule has 3 heterocycles. The highest BCUT2D eigenvalue weighted by Crippen LogP contribution is 2.35. The number of carbonyl (C=O) groups excluding carboxylic acids is 1. The van der Waals surface area contributed by atoms with Gasteiger partial charge in [0.25, 0.3) is 0 Å². The number of urea groups is 1. The maximum absolute atomic E-state index is 14.7. The van der Waals surface area contributed by atoms with Crippen LogP contribution >= 0.6 is 0 Å². The van der Waals surface area contributed by atoms with Gasteiger partial charge in [0.2, 0.25) is 0 Å². The van der Waals surface area contributed by atoms with Crippen LogP contribution in [-0.4, -0.2) is 40.1 Å². The monoisotopic (exact) mass is 439 g/mol. The molecule has 2 aliphatic heterocycles. The van der Waals surface area contributed by atoms with Gasteiger partial charge in [0.1, 0.15) is 11.5 Å². The average Bonchev–Trinajstić information content (AvgIpc) is 3.52. The summed E-state index contributed by atoms with van der Waals surface area (Å²) in [4.78, 5) is 21.3. The maximum Gasteiger partial charge on any atom is 0.322 e. The Labute approximate surface area is 185 Å². The minimum atomic E-state index is -0.645. The first-order valence-corrected chi connectivity index (χ1v) is 11.3. The van der Waals surface area contributed by atoms with E-state index in [9.17, 15) is 13.6 Å². The second-order valence-corrected chi connectivity index (χ2v) is 8.47. The number of benzene rings is 2. The SMILES string of the molecule is CCn1c(C2CCCN2C(=O)Nc2cc(F)c(N3CCCC3)c(F)c2)nc2ccccc21. The van der Waals surface area contributed by atoms with Gasteiger partial charge in [-0.3, -0.25) is 0 Å². The first-order chi connectivity index (χ1) is 15.6. The van der Waals surface area contributed by atoms with Gasteiger partial charge in [-0.1, -0.05) is 12.1 Å². The molecule has 2 saturated heterocycles. The number of aryl methyl sites for hydroxylation is 1. The summed E-state index contributed by atoms with van der Waals surface area (Å²) in [5.41, 5.74) is 2.07. The van der Waals surface area contributed by atoms with Crippen molar-refractivity contribution in [1.82, 2.24) is 14.5 Å². The lowest BCUT2D eigenvalue weighted by molar-refractivity contribution is 0.204. The number of carbonyl (C=O) groups is 1. The molecule has 6 nitrogen and oxygen atoms in total. The third-order valence-electron chi connectivity index (χ3n) is 6.50. The number of fused-ring (bicyclic) bond motifs is 1. The normalized spacial score (nSPS) is 18.7. The summed E-state index contributed by atoms with van der Waals surface area (Å²) in [5.74, 6) is -0.441. The number of para-hydroxylation sites is 2. The summed E-state index contributed by atoms with van der Waals surface area (Å²) < 4.78 is 31.5. The fourth-order valence-corrected chi connectivity index (χ4v) is 5.03. The highest BCUT2D eigenvalue weighted by atomic mass is 19.1. The van der Waals surface area contributed by atoms with Crippen LogP contribution in [0.1, 0.15) is 44.5 Å². The number of halogens is 2. The molecule has 1 aromatic heterocycles. The smallest absolute Gasteiger partial charge is 0.322 e. The number of nitrogens with one attached hydrogen (secondary N) is 1. The zero-order chi connectivity index (χ0) is 22.2. The number of rotatable bonds is 4. The summed E-state index contributed by atoms with van der Waals surface area (Å²) in [7, 11) is 0. The third kappa shape index (κ3) is 3.57. The number of likely N-dealkylation sites (tertiary alicyclic amines) is 1. The predicted octanol–water partition coefficient (Wildman–Crippen LogP) is 5.30. The van der Waals surface area contributed by atoms with Crippen LogP contribution < -0.4 is 10.2 Å². The number of hydrogen-bond acceptors (Lipinski definition) is 3. The molecule has 0 bridgehead atoms. The van der Waals surface area contributed by atoms with Gasteiger partial charge in [0, 0.05) is 31.9 Å². The van der Waals surface area contributed by atoms with Crippen LogP contribution in [0, 0.1) is 11.6 Å². The Balaban J connectivity index is 1.39. The van der Waals surface area contributed by atoms with E-state index in [4.69, 9.17) is 4.98 Å². The summed E-state index contributed by atoms with van der Waals surface area (Å²) >= 11 is 0. The molecule has 5 rings (SSSR count). The fraction of sp³-hybridized carbons (Fsp3) is 0.417. The van der Waals surface area contributed by atoms with E-state index in [0.29, 0.717) is 19.6 Å². The van der Waals surface area contributed by atoms with Crippen molar-refractivity contribution in [1.29, 1.82) is 0 Å². The van der Waals surface area contributed by atoms with Crippen molar-refractivity contribution in [2.24, 2.45) is 0 Å². The van der Waals surface area contributed by atoms with Gasteiger partial charge in [-0.05, 0) is 56.9 Å². The largest absolute Gasteiger partial charge is 0.367 e. The van der Waals surface area contributed by atoms with Gasteiger partial charge in [0.15, 0.2) is 11.6 Å². The zero-order valence-electron chi connectivity index (χ0n) is 18.2. The quantitative estimate of drug-likeness (QED) is 0.600. The minimum Gasteiger partial charge on any atom is -0.367 e. The van der Waals surface area contributed by atoms with Crippen LogP contribution in [0.5, 0.6) is 0 Å². The number of hydrogen-bond donors (Lipinski definition) is 1. The Morgan fingerprint density at radius 2 is 1.81 bits per heavy atom. The van der Waals surface area contributed by atoms with Gasteiger partial charge in [-0.25, -0.2) is 18.6 Å². The summed E-state index contributed by atoms with van der Waals surface area (Å²) in [6, 6.07) is 9.80. The van der Waals surface area contributed by atoms with Crippen molar-refractivity contribution < 1.29 is 13.6 Å². The molecule has 168 valence electrons. The van der Waals surface area contributed by atoms with Crippen molar-refractivity contribution in [3.05, 3.63) is 53.9 Å². The van der Waals surface area contributed by atoms with Crippen LogP contribution in [0.4, 0.5) is 25.0 Å². The molecule has 0 radical (unpaired) electrons. The zero-order valence-corrected chi connectivity index (χ0v) is 18.2. The topological polar surface area (TPSA) is 53.4 Å². The van der Waals surface area contributed by atoms with E-state index in [0.717, 1.165) is 49.1 Å². The van der Waals surface area contributed by atoms with E-state index in [1.165, 1.54) is 12.1 Å². The average molecular weight is 440 g/mol. The fourth-order valence-electron chi connectivity index (χ4n) is 5.03. The molecule has 32 heavy (non-hydrogen) atoms. The molecular formula is C24H27F2N5O. The number of imidazole rings is 1. The van der Waals surface area contributed by atoms with Crippen LogP contribution in [-0.2, 0) is 6.54 Å². The molecule has 2 aliphatic rings. The molecule has 0 spiro atoms. The lowest BCUT2D eigenvalue weighted by Crippen LogP contribution is -2.35. The van der Waals surface area contributed by atoms with Crippen LogP contribution in [0.3, 0.4) is 0 Å². The van der Waals surface area contributed by atoms with Gasteiger partial charge in [0.05, 0.1) is 17.1 Å². The molecule has 3 aromatic rings. The van der Waals surface area contributed by atoms with Gasteiger partial charge in [-0.15, -0.1) is 0 Å². The molecule has 2 fully saturated rings. The van der Waals surface area contributed by atoms with Crippen molar-refractivity contribution in [3.8, 4) is 0 Å². The van der Waals surface area contributed by atoms with Crippen LogP contribution in [0.2, 0.25) is 0 Å². The van der Waals surface area contributed by atoms with Crippen LogP contribution in [0.25, 0.3) is 11.0 Å². The summed E-state index contributed by atoms with van der Waals surface area (Å²) in [6.45, 7) is 4.67. The second kappa shape index (κ2) is 8.41. The number of aromatic nitrogens is 2. The molecule has 1 N–H and O–H groups in total. The highest BCUT2D eigenvalue weighted by Gasteiger charge is 2.34. The van der Waals surface area contributed by atoms with E-state index < -0.39 is 11.6 Å². The molecular weight excluding hydrogens is 412 g/mol. The number of nitrogens with zero attached hydrogens (tertiary/aromatic N) is 4. The summed E-state index contributed by atoms with van der Waals surface area (Å²) in [6.07, 6.45) is 3.50. The van der Waals surface area contributed by atoms with Gasteiger partial charge in [-0.2, -0.15) is 0 Å². The Morgan fingerprint density at radius 3 is 2.53 bits per heavy atom. The van der Waals surface area contributed by atoms with Crippen molar-refractivity contribution in [3.63, 3.8) is 0 Å². The van der Waals surface area contributed by atoms with Gasteiger partial charge < -0.3 is 19.7 Å². The predicted molar refractivity (Wildman–Crippen MR) is 121 cm³/mol. The molecule has 0 aliphatic carbocycles. The van der Waals surface area contributed by atoms with E-state index in [2.05, 4.69) is 16.8 Å². The third-order valence-corrected chi connectivity index (χ3v) is 6.50. The van der Waals surface area contributed by atoms with Crippen molar-refractivity contribution in [2.75, 3.05) is 29.9 Å². The molecule has 2 aromatic carbocycles. The molecule has 0 saturated carbocycles. The summed E-state index contributed by atoms with van der Waals surface area (Å²) in [5, 5.41) is 2.71. The van der Waals surface area contributed by atoms with E-state index in [1.807, 2.05) is 24.3 Å². The van der Waals surface area contributed by atoms with Crippen LogP contribution in [0.15, 0.2) is 36.4 Å². The molecule has 8 heteroatoms. The second-order valence-electron chi connectivity index (χ2n) is 8.47. The maximum atomic E-state index is 14.7. The number of anilines is 2. The lowest BCUT2D eigenvalue weighted by atomic mass is 10.2. The Hall–Kier alpha value is -3.16. The van der Waals surface area contributed by atoms with Crippen molar-refractivity contribution in [2.45, 2.75) is 45.2 Å².